The molecule has 0 saturated carbocycles. The van der Waals surface area contributed by atoms with E-state index in [1.54, 1.807) is 39.0 Å². The molecule has 0 aliphatic carbocycles. The molecule has 0 saturated heterocycles. The van der Waals surface area contributed by atoms with E-state index >= 15 is 0 Å². The molecule has 0 spiro atoms. The van der Waals surface area contributed by atoms with Crippen LogP contribution in [-0.2, 0) is 16.0 Å². The van der Waals surface area contributed by atoms with Crippen molar-refractivity contribution in [2.45, 2.75) is 45.8 Å². The second-order valence-corrected chi connectivity index (χ2v) is 5.97. The first-order chi connectivity index (χ1) is 10.1. The molecule has 1 amide bonds. The Bertz CT molecular complexity index is 574. The average molecular weight is 307 g/mol. The van der Waals surface area contributed by atoms with Crippen LogP contribution in [0.1, 0.15) is 43.6 Å². The first-order valence-electron chi connectivity index (χ1n) is 6.93. The second kappa shape index (κ2) is 7.06. The van der Waals surface area contributed by atoms with Gasteiger partial charge in [-0.3, -0.25) is 4.79 Å². The van der Waals surface area contributed by atoms with Crippen molar-refractivity contribution < 1.29 is 24.2 Å². The maximum atomic E-state index is 12.1. The van der Waals surface area contributed by atoms with Gasteiger partial charge in [-0.2, -0.15) is 0 Å². The molecule has 1 atom stereocenters. The number of ether oxygens (including phenoxy) is 1. The summed E-state index contributed by atoms with van der Waals surface area (Å²) in [6.07, 6.45) is -0.751. The third kappa shape index (κ3) is 5.55. The van der Waals surface area contributed by atoms with Crippen LogP contribution in [0.2, 0.25) is 0 Å². The van der Waals surface area contributed by atoms with Crippen LogP contribution < -0.4 is 5.32 Å². The zero-order valence-corrected chi connectivity index (χ0v) is 13.2. The standard InChI is InChI=1S/C16H21NO5/c1-10(17-15(21)22-16(2,3)4)13(18)9-11-7-5-6-8-12(11)14(19)20/h5-8,10H,9H2,1-4H3,(H,17,21)(H,19,20)/t10-/m0/s1. The lowest BCUT2D eigenvalue weighted by Crippen LogP contribution is -2.42. The van der Waals surface area contributed by atoms with Gasteiger partial charge in [0.1, 0.15) is 5.60 Å². The highest BCUT2D eigenvalue weighted by Gasteiger charge is 2.22. The van der Waals surface area contributed by atoms with Crippen LogP contribution in [0.3, 0.4) is 0 Å². The fourth-order valence-electron chi connectivity index (χ4n) is 1.79. The molecule has 22 heavy (non-hydrogen) atoms. The summed E-state index contributed by atoms with van der Waals surface area (Å²) in [5, 5.41) is 11.5. The van der Waals surface area contributed by atoms with E-state index in [2.05, 4.69) is 5.32 Å². The van der Waals surface area contributed by atoms with E-state index in [0.29, 0.717) is 5.56 Å². The summed E-state index contributed by atoms with van der Waals surface area (Å²) in [7, 11) is 0. The fourth-order valence-corrected chi connectivity index (χ4v) is 1.79. The largest absolute Gasteiger partial charge is 0.478 e. The summed E-state index contributed by atoms with van der Waals surface area (Å²) in [4.78, 5) is 34.9. The van der Waals surface area contributed by atoms with Gasteiger partial charge in [-0.15, -0.1) is 0 Å². The first kappa shape index (κ1) is 17.7. The topological polar surface area (TPSA) is 92.7 Å². The van der Waals surface area contributed by atoms with E-state index in [1.807, 2.05) is 0 Å². The normalized spacial score (nSPS) is 12.4. The summed E-state index contributed by atoms with van der Waals surface area (Å²) in [6.45, 7) is 6.71. The molecule has 120 valence electrons. The summed E-state index contributed by atoms with van der Waals surface area (Å²) >= 11 is 0. The van der Waals surface area contributed by atoms with Crippen LogP contribution >= 0.6 is 0 Å². The number of rotatable bonds is 5. The molecule has 1 aromatic carbocycles. The number of benzene rings is 1. The number of carboxylic acid groups (broad SMARTS) is 1. The van der Waals surface area contributed by atoms with Crippen LogP contribution in [-0.4, -0.2) is 34.6 Å². The van der Waals surface area contributed by atoms with Gasteiger partial charge in [-0.05, 0) is 39.3 Å². The van der Waals surface area contributed by atoms with Crippen LogP contribution in [0.25, 0.3) is 0 Å². The molecule has 2 N–H and O–H groups in total. The van der Waals surface area contributed by atoms with Gasteiger partial charge in [0.15, 0.2) is 5.78 Å². The van der Waals surface area contributed by atoms with E-state index < -0.39 is 23.7 Å². The van der Waals surface area contributed by atoms with Gasteiger partial charge in [0.25, 0.3) is 0 Å². The van der Waals surface area contributed by atoms with E-state index in [1.165, 1.54) is 13.0 Å². The molecule has 0 aliphatic heterocycles. The molecule has 0 fully saturated rings. The molecular formula is C16H21NO5. The number of ketones is 1. The number of hydrogen-bond donors (Lipinski definition) is 2. The number of hydrogen-bond acceptors (Lipinski definition) is 4. The molecule has 0 aliphatic rings. The molecule has 6 heteroatoms. The Morgan fingerprint density at radius 3 is 2.36 bits per heavy atom. The number of Topliss-reactive ketones (excluding diaryl/α,β-unsaturated/α-hetero) is 1. The van der Waals surface area contributed by atoms with Crippen LogP contribution in [0.5, 0.6) is 0 Å². The first-order valence-corrected chi connectivity index (χ1v) is 6.93. The average Bonchev–Trinajstić information content (AvgIpc) is 2.36. The van der Waals surface area contributed by atoms with Gasteiger partial charge >= 0.3 is 12.1 Å². The van der Waals surface area contributed by atoms with Crippen LogP contribution in [0.4, 0.5) is 4.79 Å². The smallest absolute Gasteiger partial charge is 0.408 e. The van der Waals surface area contributed by atoms with Gasteiger partial charge in [-0.1, -0.05) is 18.2 Å². The Labute approximate surface area is 129 Å². The van der Waals surface area contributed by atoms with Crippen LogP contribution in [0.15, 0.2) is 24.3 Å². The van der Waals surface area contributed by atoms with Crippen molar-refractivity contribution in [3.8, 4) is 0 Å². The summed E-state index contributed by atoms with van der Waals surface area (Å²) < 4.78 is 5.07. The molecule has 1 rings (SSSR count). The van der Waals surface area contributed by atoms with E-state index in [9.17, 15) is 14.4 Å². The van der Waals surface area contributed by atoms with Crippen LogP contribution in [0, 0.1) is 0 Å². The maximum Gasteiger partial charge on any atom is 0.408 e. The van der Waals surface area contributed by atoms with Crippen molar-refractivity contribution in [1.82, 2.24) is 5.32 Å². The quantitative estimate of drug-likeness (QED) is 0.871. The van der Waals surface area contributed by atoms with E-state index in [4.69, 9.17) is 9.84 Å². The third-order valence-corrected chi connectivity index (χ3v) is 2.83. The lowest BCUT2D eigenvalue weighted by molar-refractivity contribution is -0.120. The number of aromatic carboxylic acids is 1. The predicted molar refractivity (Wildman–Crippen MR) is 80.9 cm³/mol. The Balaban J connectivity index is 2.69. The van der Waals surface area contributed by atoms with Gasteiger partial charge in [-0.25, -0.2) is 9.59 Å². The molecular weight excluding hydrogens is 286 g/mol. The predicted octanol–water partition coefficient (Wildman–Crippen LogP) is 2.41. The Kier molecular flexibility index (Phi) is 5.68. The molecule has 0 radical (unpaired) electrons. The van der Waals surface area contributed by atoms with Crippen molar-refractivity contribution in [2.24, 2.45) is 0 Å². The Hall–Kier alpha value is -2.37. The number of carboxylic acids is 1. The number of carbonyl (C=O) groups excluding carboxylic acids is 2. The molecule has 6 nitrogen and oxygen atoms in total. The van der Waals surface area contributed by atoms with Gasteiger partial charge in [0.2, 0.25) is 0 Å². The lowest BCUT2D eigenvalue weighted by Gasteiger charge is -2.21. The highest BCUT2D eigenvalue weighted by Crippen LogP contribution is 2.11. The monoisotopic (exact) mass is 307 g/mol. The number of alkyl carbamates (subject to hydrolysis) is 1. The van der Waals surface area contributed by atoms with E-state index in [0.717, 1.165) is 0 Å². The molecule has 0 bridgehead atoms. The summed E-state index contributed by atoms with van der Waals surface area (Å²) in [5.74, 6) is -1.38. The SMILES string of the molecule is C[C@H](NC(=O)OC(C)(C)C)C(=O)Cc1ccccc1C(=O)O. The zero-order valence-electron chi connectivity index (χ0n) is 13.2. The molecule has 1 aromatic rings. The minimum absolute atomic E-state index is 0.0700. The van der Waals surface area contributed by atoms with Crippen molar-refractivity contribution in [2.75, 3.05) is 0 Å². The number of amides is 1. The molecule has 0 heterocycles. The Morgan fingerprint density at radius 1 is 1.23 bits per heavy atom. The summed E-state index contributed by atoms with van der Waals surface area (Å²) in [5.41, 5.74) is -0.152. The number of carbonyl (C=O) groups is 3. The molecule has 0 aromatic heterocycles. The van der Waals surface area contributed by atoms with E-state index in [-0.39, 0.29) is 17.8 Å². The highest BCUT2D eigenvalue weighted by atomic mass is 16.6. The third-order valence-electron chi connectivity index (χ3n) is 2.83. The van der Waals surface area contributed by atoms with Crippen molar-refractivity contribution in [3.05, 3.63) is 35.4 Å². The van der Waals surface area contributed by atoms with Crippen molar-refractivity contribution >= 4 is 17.8 Å². The fraction of sp³-hybridized carbons (Fsp3) is 0.438. The second-order valence-electron chi connectivity index (χ2n) is 5.97. The highest BCUT2D eigenvalue weighted by molar-refractivity contribution is 5.94. The van der Waals surface area contributed by atoms with Gasteiger partial charge in [0, 0.05) is 6.42 Å². The maximum absolute atomic E-state index is 12.1. The van der Waals surface area contributed by atoms with Gasteiger partial charge < -0.3 is 15.2 Å². The lowest BCUT2D eigenvalue weighted by atomic mass is 10.00. The molecule has 0 unspecified atom stereocenters. The zero-order chi connectivity index (χ0) is 16.9. The number of nitrogens with one attached hydrogen (secondary N) is 1. The minimum Gasteiger partial charge on any atom is -0.478 e. The van der Waals surface area contributed by atoms with Crippen molar-refractivity contribution in [1.29, 1.82) is 0 Å². The Morgan fingerprint density at radius 2 is 1.82 bits per heavy atom. The summed E-state index contributed by atoms with van der Waals surface area (Å²) in [6, 6.07) is 5.52. The van der Waals surface area contributed by atoms with Crippen molar-refractivity contribution in [3.63, 3.8) is 0 Å². The van der Waals surface area contributed by atoms with Gasteiger partial charge in [0.05, 0.1) is 11.6 Å². The minimum atomic E-state index is -1.09.